The van der Waals surface area contributed by atoms with Crippen molar-refractivity contribution >= 4 is 22.5 Å². The third-order valence-electron chi connectivity index (χ3n) is 5.24. The van der Waals surface area contributed by atoms with Gasteiger partial charge in [0.1, 0.15) is 6.54 Å². The number of para-hydroxylation sites is 2. The Morgan fingerprint density at radius 1 is 0.963 bits per heavy atom. The average Bonchev–Trinajstić information content (AvgIpc) is 2.99. The van der Waals surface area contributed by atoms with Gasteiger partial charge in [-0.05, 0) is 36.6 Å². The number of aromatic nitrogens is 2. The summed E-state index contributed by atoms with van der Waals surface area (Å²) in [4.78, 5) is 27.4. The van der Waals surface area contributed by atoms with Gasteiger partial charge >= 0.3 is 5.69 Å². The summed E-state index contributed by atoms with van der Waals surface area (Å²) in [6.07, 6.45) is 2.95. The summed E-state index contributed by atoms with van der Waals surface area (Å²) in [5.41, 5.74) is 4.06. The van der Waals surface area contributed by atoms with Crippen molar-refractivity contribution in [3.8, 4) is 0 Å². The summed E-state index contributed by atoms with van der Waals surface area (Å²) in [6, 6.07) is 17.9. The zero-order valence-electron chi connectivity index (χ0n) is 15.5. The van der Waals surface area contributed by atoms with Crippen molar-refractivity contribution in [2.45, 2.75) is 26.4 Å². The molecule has 0 N–H and O–H groups in total. The number of rotatable bonds is 4. The van der Waals surface area contributed by atoms with Crippen LogP contribution in [0.2, 0.25) is 0 Å². The first-order valence-corrected chi connectivity index (χ1v) is 9.39. The molecule has 0 saturated heterocycles. The summed E-state index contributed by atoms with van der Waals surface area (Å²) in [6.45, 7) is 3.89. The van der Waals surface area contributed by atoms with Gasteiger partial charge in [0.15, 0.2) is 0 Å². The minimum absolute atomic E-state index is 0.0144. The first-order chi connectivity index (χ1) is 13.2. The third-order valence-corrected chi connectivity index (χ3v) is 5.24. The molecule has 0 bridgehead atoms. The zero-order chi connectivity index (χ0) is 18.8. The van der Waals surface area contributed by atoms with Gasteiger partial charge in [-0.1, -0.05) is 48.5 Å². The summed E-state index contributed by atoms with van der Waals surface area (Å²) < 4.78 is 3.31. The highest BCUT2D eigenvalue weighted by molar-refractivity contribution is 5.82. The maximum Gasteiger partial charge on any atom is 0.329 e. The van der Waals surface area contributed by atoms with Crippen LogP contribution in [0.1, 0.15) is 18.9 Å². The van der Waals surface area contributed by atoms with Crippen molar-refractivity contribution in [3.05, 3.63) is 76.7 Å². The van der Waals surface area contributed by atoms with Crippen LogP contribution in [0.25, 0.3) is 16.6 Å². The molecule has 5 heteroatoms. The quantitative estimate of drug-likeness (QED) is 0.717. The van der Waals surface area contributed by atoms with Crippen molar-refractivity contribution in [3.63, 3.8) is 0 Å². The highest BCUT2D eigenvalue weighted by Crippen LogP contribution is 2.22. The molecule has 2 aromatic carbocycles. The second-order valence-electron chi connectivity index (χ2n) is 6.79. The second kappa shape index (κ2) is 7.27. The van der Waals surface area contributed by atoms with Crippen molar-refractivity contribution in [1.29, 1.82) is 0 Å². The SMILES string of the molecule is CCn1c(=O)n(CC(=O)N2CC=C(c3ccccc3)CC2)c2ccccc21. The van der Waals surface area contributed by atoms with E-state index in [4.69, 9.17) is 0 Å². The fraction of sp³-hybridized carbons (Fsp3) is 0.273. The number of aryl methyl sites for hydroxylation is 1. The number of fused-ring (bicyclic) bond motifs is 1. The number of carbonyl (C=O) groups excluding carboxylic acids is 1. The van der Waals surface area contributed by atoms with Crippen LogP contribution >= 0.6 is 0 Å². The molecule has 0 spiro atoms. The van der Waals surface area contributed by atoms with E-state index in [1.165, 1.54) is 11.1 Å². The molecule has 1 amide bonds. The van der Waals surface area contributed by atoms with Crippen LogP contribution in [0, 0.1) is 0 Å². The smallest absolute Gasteiger partial charge is 0.329 e. The third kappa shape index (κ3) is 3.21. The molecule has 0 radical (unpaired) electrons. The van der Waals surface area contributed by atoms with Gasteiger partial charge in [-0.15, -0.1) is 0 Å². The number of benzene rings is 2. The summed E-state index contributed by atoms with van der Waals surface area (Å²) in [5, 5.41) is 0. The summed E-state index contributed by atoms with van der Waals surface area (Å²) in [5.74, 6) is -0.0144. The van der Waals surface area contributed by atoms with E-state index in [-0.39, 0.29) is 18.1 Å². The van der Waals surface area contributed by atoms with Gasteiger partial charge in [0.05, 0.1) is 11.0 Å². The first-order valence-electron chi connectivity index (χ1n) is 9.39. The zero-order valence-corrected chi connectivity index (χ0v) is 15.5. The number of amides is 1. The predicted octanol–water partition coefficient (Wildman–Crippen LogP) is 3.14. The van der Waals surface area contributed by atoms with Crippen molar-refractivity contribution in [2.24, 2.45) is 0 Å². The Labute approximate surface area is 158 Å². The number of hydrogen-bond donors (Lipinski definition) is 0. The van der Waals surface area contributed by atoms with E-state index in [9.17, 15) is 9.59 Å². The molecule has 0 aliphatic carbocycles. The Morgan fingerprint density at radius 2 is 1.63 bits per heavy atom. The highest BCUT2D eigenvalue weighted by Gasteiger charge is 2.21. The maximum atomic E-state index is 12.8. The number of hydrogen-bond acceptors (Lipinski definition) is 2. The molecule has 1 aliphatic heterocycles. The minimum atomic E-state index is -0.121. The number of nitrogens with zero attached hydrogens (tertiary/aromatic N) is 3. The van der Waals surface area contributed by atoms with Gasteiger partial charge in [0, 0.05) is 19.6 Å². The molecule has 5 nitrogen and oxygen atoms in total. The van der Waals surface area contributed by atoms with E-state index in [0.717, 1.165) is 17.5 Å². The lowest BCUT2D eigenvalue weighted by Gasteiger charge is -2.27. The Hall–Kier alpha value is -3.08. The molecule has 3 aromatic rings. The molecular weight excluding hydrogens is 338 g/mol. The van der Waals surface area contributed by atoms with Gasteiger partial charge in [-0.3, -0.25) is 13.9 Å². The van der Waals surface area contributed by atoms with Gasteiger partial charge in [0.2, 0.25) is 5.91 Å². The van der Waals surface area contributed by atoms with Crippen LogP contribution in [-0.4, -0.2) is 33.0 Å². The van der Waals surface area contributed by atoms with E-state index >= 15 is 0 Å². The van der Waals surface area contributed by atoms with E-state index in [2.05, 4.69) is 18.2 Å². The molecule has 2 heterocycles. The van der Waals surface area contributed by atoms with E-state index in [0.29, 0.717) is 19.6 Å². The fourth-order valence-electron chi connectivity index (χ4n) is 3.78. The van der Waals surface area contributed by atoms with Crippen LogP contribution in [0.4, 0.5) is 0 Å². The molecule has 1 aromatic heterocycles. The van der Waals surface area contributed by atoms with Crippen LogP contribution in [0.15, 0.2) is 65.5 Å². The molecule has 0 fully saturated rings. The second-order valence-corrected chi connectivity index (χ2v) is 6.79. The van der Waals surface area contributed by atoms with E-state index in [1.54, 1.807) is 9.13 Å². The topological polar surface area (TPSA) is 47.2 Å². The Kier molecular flexibility index (Phi) is 4.67. The predicted molar refractivity (Wildman–Crippen MR) is 107 cm³/mol. The Balaban J connectivity index is 1.54. The Bertz CT molecular complexity index is 1060. The fourth-order valence-corrected chi connectivity index (χ4v) is 3.78. The maximum absolute atomic E-state index is 12.8. The molecule has 1 aliphatic rings. The number of carbonyl (C=O) groups is 1. The summed E-state index contributed by atoms with van der Waals surface area (Å²) >= 11 is 0. The van der Waals surface area contributed by atoms with Crippen LogP contribution in [0.3, 0.4) is 0 Å². The molecular formula is C22H23N3O2. The van der Waals surface area contributed by atoms with Gasteiger partial charge in [0.25, 0.3) is 0 Å². The lowest BCUT2D eigenvalue weighted by Crippen LogP contribution is -2.39. The van der Waals surface area contributed by atoms with Crippen LogP contribution in [0.5, 0.6) is 0 Å². The van der Waals surface area contributed by atoms with E-state index in [1.807, 2.05) is 54.3 Å². The number of imidazole rings is 1. The highest BCUT2D eigenvalue weighted by atomic mass is 16.2. The molecule has 0 unspecified atom stereocenters. The average molecular weight is 361 g/mol. The molecule has 0 saturated carbocycles. The summed E-state index contributed by atoms with van der Waals surface area (Å²) in [7, 11) is 0. The minimum Gasteiger partial charge on any atom is -0.337 e. The lowest BCUT2D eigenvalue weighted by molar-refractivity contribution is -0.131. The van der Waals surface area contributed by atoms with Crippen molar-refractivity contribution in [2.75, 3.05) is 13.1 Å². The standard InChI is InChI=1S/C22H23N3O2/c1-2-24-19-10-6-7-11-20(19)25(22(24)27)16-21(26)23-14-12-18(13-15-23)17-8-4-3-5-9-17/h3-12H,2,13-16H2,1H3. The molecule has 0 atom stereocenters. The monoisotopic (exact) mass is 361 g/mol. The molecule has 4 rings (SSSR count). The van der Waals surface area contributed by atoms with Crippen molar-refractivity contribution in [1.82, 2.24) is 14.0 Å². The van der Waals surface area contributed by atoms with Crippen LogP contribution < -0.4 is 5.69 Å². The normalized spacial score (nSPS) is 14.4. The first kappa shape index (κ1) is 17.3. The van der Waals surface area contributed by atoms with Crippen molar-refractivity contribution < 1.29 is 4.79 Å². The lowest BCUT2D eigenvalue weighted by atomic mass is 9.99. The van der Waals surface area contributed by atoms with Gasteiger partial charge < -0.3 is 4.90 Å². The molecule has 138 valence electrons. The van der Waals surface area contributed by atoms with Gasteiger partial charge in [-0.2, -0.15) is 0 Å². The van der Waals surface area contributed by atoms with E-state index < -0.39 is 0 Å². The molecule has 27 heavy (non-hydrogen) atoms. The Morgan fingerprint density at radius 3 is 2.26 bits per heavy atom. The van der Waals surface area contributed by atoms with Crippen LogP contribution in [-0.2, 0) is 17.9 Å². The largest absolute Gasteiger partial charge is 0.337 e. The van der Waals surface area contributed by atoms with Gasteiger partial charge in [-0.25, -0.2) is 4.79 Å².